The summed E-state index contributed by atoms with van der Waals surface area (Å²) >= 11 is 7.06. The molecular formula is C39H39ClFN5O5. The molecule has 0 radical (unpaired) electrons. The van der Waals surface area contributed by atoms with Gasteiger partial charge in [-0.15, -0.1) is 0 Å². The minimum absolute atomic E-state index is 0.0645. The number of aromatic nitrogens is 5. The maximum atomic E-state index is 14.4. The topological polar surface area (TPSA) is 102 Å². The molecule has 12 heteroatoms. The average Bonchev–Trinajstić information content (AvgIpc) is 3.72. The Hall–Kier alpha value is -5.00. The fraction of sp³-hybridized carbons (Fsp3) is 0.333. The fourth-order valence-electron chi connectivity index (χ4n) is 7.33. The van der Waals surface area contributed by atoms with E-state index in [-0.39, 0.29) is 18.8 Å². The first-order valence-electron chi connectivity index (χ1n) is 16.9. The molecule has 0 spiro atoms. The number of ether oxygens (including phenoxy) is 3. The zero-order chi connectivity index (χ0) is 36.0. The molecule has 0 saturated heterocycles. The lowest BCUT2D eigenvalue weighted by Gasteiger charge is -2.17. The van der Waals surface area contributed by atoms with E-state index in [0.29, 0.717) is 71.4 Å². The summed E-state index contributed by atoms with van der Waals surface area (Å²) in [6.07, 6.45) is 2.11. The molecule has 7 rings (SSSR count). The summed E-state index contributed by atoms with van der Waals surface area (Å²) in [6.45, 7) is 4.77. The summed E-state index contributed by atoms with van der Waals surface area (Å²) in [5.74, 6) is -0.115. The van der Waals surface area contributed by atoms with Gasteiger partial charge in [0.2, 0.25) is 0 Å². The van der Waals surface area contributed by atoms with Gasteiger partial charge in [-0.25, -0.2) is 9.18 Å². The van der Waals surface area contributed by atoms with Crippen molar-refractivity contribution < 1.29 is 28.2 Å². The molecule has 10 nitrogen and oxygen atoms in total. The van der Waals surface area contributed by atoms with Gasteiger partial charge in [0.25, 0.3) is 0 Å². The van der Waals surface area contributed by atoms with Crippen molar-refractivity contribution in [3.05, 3.63) is 99.0 Å². The van der Waals surface area contributed by atoms with Crippen LogP contribution in [0.4, 0.5) is 4.39 Å². The van der Waals surface area contributed by atoms with Crippen LogP contribution in [-0.4, -0.2) is 50.1 Å². The number of benzene rings is 3. The average molecular weight is 712 g/mol. The number of aryl methyl sites for hydroxylation is 6. The monoisotopic (exact) mass is 711 g/mol. The highest BCUT2D eigenvalue weighted by molar-refractivity contribution is 6.35. The van der Waals surface area contributed by atoms with E-state index >= 15 is 0 Å². The van der Waals surface area contributed by atoms with E-state index in [9.17, 15) is 14.0 Å². The molecule has 3 aromatic carbocycles. The molecule has 1 unspecified atom stereocenters. The molecule has 264 valence electrons. The largest absolute Gasteiger partial charge is 0.493 e. The van der Waals surface area contributed by atoms with Gasteiger partial charge in [-0.1, -0.05) is 17.7 Å². The second-order valence-corrected chi connectivity index (χ2v) is 13.4. The zero-order valence-electron chi connectivity index (χ0n) is 29.3. The van der Waals surface area contributed by atoms with E-state index < -0.39 is 12.1 Å². The van der Waals surface area contributed by atoms with Crippen molar-refractivity contribution in [2.75, 3.05) is 13.7 Å². The molecule has 8 bridgehead atoms. The van der Waals surface area contributed by atoms with E-state index in [1.54, 1.807) is 10.7 Å². The molecule has 1 aliphatic rings. The maximum Gasteiger partial charge on any atom is 0.354 e. The van der Waals surface area contributed by atoms with Crippen LogP contribution in [0.5, 0.6) is 5.75 Å². The van der Waals surface area contributed by atoms with Gasteiger partial charge in [-0.2, -0.15) is 10.2 Å². The summed E-state index contributed by atoms with van der Waals surface area (Å²) < 4.78 is 38.1. The number of nitrogens with zero attached hydrogens (tertiary/aromatic N) is 5. The third kappa shape index (κ3) is 6.29. The van der Waals surface area contributed by atoms with Crippen molar-refractivity contribution in [1.29, 1.82) is 0 Å². The van der Waals surface area contributed by atoms with Gasteiger partial charge in [-0.05, 0) is 92.1 Å². The number of carbonyl (C=O) groups is 2. The second-order valence-electron chi connectivity index (χ2n) is 13.0. The summed E-state index contributed by atoms with van der Waals surface area (Å²) in [4.78, 5) is 25.5. The number of methoxy groups -OCH3 is 1. The van der Waals surface area contributed by atoms with Crippen molar-refractivity contribution >= 4 is 45.5 Å². The first-order chi connectivity index (χ1) is 24.6. The predicted molar refractivity (Wildman–Crippen MR) is 193 cm³/mol. The van der Waals surface area contributed by atoms with E-state index in [2.05, 4.69) is 0 Å². The van der Waals surface area contributed by atoms with Crippen molar-refractivity contribution in [2.45, 2.75) is 58.8 Å². The number of rotatable bonds is 3. The number of halogens is 2. The molecule has 51 heavy (non-hydrogen) atoms. The van der Waals surface area contributed by atoms with Crippen LogP contribution in [0.1, 0.15) is 63.3 Å². The predicted octanol–water partition coefficient (Wildman–Crippen LogP) is 7.54. The lowest BCUT2D eigenvalue weighted by molar-refractivity contribution is -0.111. The Balaban J connectivity index is 1.41. The maximum absolute atomic E-state index is 14.4. The second kappa shape index (κ2) is 14.0. The van der Waals surface area contributed by atoms with Crippen molar-refractivity contribution in [3.63, 3.8) is 0 Å². The molecule has 3 aromatic heterocycles. The van der Waals surface area contributed by atoms with E-state index in [0.717, 1.165) is 50.5 Å². The van der Waals surface area contributed by atoms with Crippen LogP contribution in [0.3, 0.4) is 0 Å². The lowest BCUT2D eigenvalue weighted by Crippen LogP contribution is -2.13. The number of hydrogen-bond acceptors (Lipinski definition) is 7. The van der Waals surface area contributed by atoms with Crippen LogP contribution in [0.2, 0.25) is 5.02 Å². The van der Waals surface area contributed by atoms with Crippen LogP contribution in [0.25, 0.3) is 32.8 Å². The Kier molecular flexibility index (Phi) is 9.43. The number of aldehydes is 1. The molecule has 0 aliphatic carbocycles. The van der Waals surface area contributed by atoms with Gasteiger partial charge in [-0.3, -0.25) is 9.36 Å². The Morgan fingerprint density at radius 3 is 2.67 bits per heavy atom. The summed E-state index contributed by atoms with van der Waals surface area (Å²) in [6, 6.07) is 14.5. The van der Waals surface area contributed by atoms with Crippen molar-refractivity contribution in [2.24, 2.45) is 14.1 Å². The first-order valence-corrected chi connectivity index (χ1v) is 17.3. The number of hydrogen-bond donors (Lipinski definition) is 0. The van der Waals surface area contributed by atoms with Crippen molar-refractivity contribution in [3.8, 4) is 16.9 Å². The molecule has 0 fully saturated rings. The van der Waals surface area contributed by atoms with Gasteiger partial charge in [0.05, 0.1) is 31.7 Å². The van der Waals surface area contributed by atoms with Gasteiger partial charge < -0.3 is 23.6 Å². The van der Waals surface area contributed by atoms with E-state index in [1.165, 1.54) is 19.2 Å². The molecular weight excluding hydrogens is 673 g/mol. The minimum atomic E-state index is -0.695. The third-order valence-electron chi connectivity index (χ3n) is 9.88. The highest BCUT2D eigenvalue weighted by atomic mass is 35.5. The number of carbonyl (C=O) groups excluding carboxylic acids is 2. The van der Waals surface area contributed by atoms with E-state index in [1.807, 2.05) is 67.5 Å². The van der Waals surface area contributed by atoms with E-state index in [4.69, 9.17) is 36.0 Å². The Morgan fingerprint density at radius 1 is 1.06 bits per heavy atom. The quantitative estimate of drug-likeness (QED) is 0.138. The Labute approximate surface area is 299 Å². The zero-order valence-corrected chi connectivity index (χ0v) is 30.0. The smallest absolute Gasteiger partial charge is 0.354 e. The van der Waals surface area contributed by atoms with Crippen LogP contribution < -0.4 is 4.74 Å². The third-order valence-corrected chi connectivity index (χ3v) is 10.2. The summed E-state index contributed by atoms with van der Waals surface area (Å²) in [7, 11) is 5.10. The normalized spacial score (nSPS) is 15.4. The van der Waals surface area contributed by atoms with Gasteiger partial charge in [0.1, 0.15) is 29.7 Å². The lowest BCUT2D eigenvalue weighted by atomic mass is 9.94. The van der Waals surface area contributed by atoms with Crippen LogP contribution in [-0.2, 0) is 54.4 Å². The summed E-state index contributed by atoms with van der Waals surface area (Å²) in [5.41, 5.74) is 7.48. The standard InChI is InChI=1S/C39H39ClFN5O5/c1-22-34-31-12-11-30(40)36(34)35-23(2)44(3)43-37(35)32(13-15-47)51-21-27-20-28(45(4)42-27)9-7-24-17-25-19-26(41)8-10-29(25)33(18-24)50-16-6-14-46(31)38(22)39(48)49-5/h8,10-12,15,17-20,32H,6-7,9,13-14,16,21H2,1-5H3. The molecule has 0 saturated carbocycles. The van der Waals surface area contributed by atoms with Gasteiger partial charge >= 0.3 is 5.97 Å². The Bertz CT molecular complexity index is 2320. The van der Waals surface area contributed by atoms with Crippen LogP contribution >= 0.6 is 11.6 Å². The minimum Gasteiger partial charge on any atom is -0.493 e. The fourth-order valence-corrected chi connectivity index (χ4v) is 7.58. The van der Waals surface area contributed by atoms with Gasteiger partial charge in [0, 0.05) is 70.9 Å². The molecule has 1 aliphatic heterocycles. The number of fused-ring (bicyclic) bond motifs is 8. The summed E-state index contributed by atoms with van der Waals surface area (Å²) in [5, 5.41) is 12.4. The molecule has 6 aromatic rings. The van der Waals surface area contributed by atoms with Crippen LogP contribution in [0, 0.1) is 19.7 Å². The number of esters is 1. The highest BCUT2D eigenvalue weighted by Gasteiger charge is 2.30. The first kappa shape index (κ1) is 34.4. The molecule has 0 N–H and O–H groups in total. The molecule has 0 amide bonds. The molecule has 1 atom stereocenters. The van der Waals surface area contributed by atoms with Crippen molar-refractivity contribution in [1.82, 2.24) is 24.1 Å². The Morgan fingerprint density at radius 2 is 1.88 bits per heavy atom. The van der Waals surface area contributed by atoms with Crippen LogP contribution in [0.15, 0.2) is 48.5 Å². The molecule has 4 heterocycles. The highest BCUT2D eigenvalue weighted by Crippen LogP contribution is 2.44. The SMILES string of the molecule is COC(=O)c1c(C)c2c3c(Cl)ccc2n1CCCOc1cc(cc2cc(F)ccc12)CCc1cc(nn1C)COC(CC=O)c1nn(C)c(C)c1-3. The van der Waals surface area contributed by atoms with Gasteiger partial charge in [0.15, 0.2) is 0 Å².